The van der Waals surface area contributed by atoms with Crippen LogP contribution in [0.3, 0.4) is 0 Å². The number of hydrogen-bond donors (Lipinski definition) is 1. The fraction of sp³-hybridized carbons (Fsp3) is 0.600. The second-order valence-electron chi connectivity index (χ2n) is 8.52. The van der Waals surface area contributed by atoms with Crippen LogP contribution in [0.2, 0.25) is 0 Å². The van der Waals surface area contributed by atoms with Crippen molar-refractivity contribution in [3.05, 3.63) is 34.1 Å². The summed E-state index contributed by atoms with van der Waals surface area (Å²) in [4.78, 5) is 16.9. The molecular weight excluding hydrogens is 431 g/mol. The molecule has 1 aromatic rings. The predicted octanol–water partition coefficient (Wildman–Crippen LogP) is 4.65. The lowest BCUT2D eigenvalue weighted by Crippen LogP contribution is -2.53. The molecule has 1 aromatic carbocycles. The monoisotopic (exact) mass is 456 g/mol. The van der Waals surface area contributed by atoms with E-state index in [-0.39, 0.29) is 11.8 Å². The summed E-state index contributed by atoms with van der Waals surface area (Å²) in [5.74, 6) is -0.352. The minimum atomic E-state index is -0.909. The Kier molecular flexibility index (Phi) is 5.74. The van der Waals surface area contributed by atoms with Crippen molar-refractivity contribution in [3.63, 3.8) is 0 Å². The highest BCUT2D eigenvalue weighted by Gasteiger charge is 2.48. The van der Waals surface area contributed by atoms with Gasteiger partial charge in [0.1, 0.15) is 17.0 Å². The van der Waals surface area contributed by atoms with Gasteiger partial charge in [-0.15, -0.1) is 0 Å². The van der Waals surface area contributed by atoms with Crippen LogP contribution < -0.4 is 5.32 Å². The summed E-state index contributed by atoms with van der Waals surface area (Å²) in [7, 11) is 0. The van der Waals surface area contributed by atoms with E-state index in [0.717, 1.165) is 4.47 Å². The molecule has 8 heteroatoms. The number of rotatable bonds is 1. The highest BCUT2D eigenvalue weighted by molar-refractivity contribution is 9.10. The molecule has 1 N–H and O–H groups in total. The molecule has 0 radical (unpaired) electrons. The minimum absolute atomic E-state index is 0.0456. The standard InChI is InChI=1S/C20H26BrFN2O4/c1-18(2,3)28-17(25)23-16-24-19(4,14-11-13(21)5-6-15(14)22)12-20(27-16)7-9-26-10-8-20/h5-6,11H,7-10,12H2,1-4H3,(H,23,24,25). The van der Waals surface area contributed by atoms with Crippen LogP contribution in [0.1, 0.15) is 52.5 Å². The van der Waals surface area contributed by atoms with E-state index in [1.54, 1.807) is 32.9 Å². The fourth-order valence-electron chi connectivity index (χ4n) is 3.69. The Morgan fingerprint density at radius 2 is 2.00 bits per heavy atom. The second-order valence-corrected chi connectivity index (χ2v) is 9.43. The van der Waals surface area contributed by atoms with Gasteiger partial charge in [0.05, 0.1) is 18.8 Å². The number of benzene rings is 1. The number of alkyl carbamates (subject to hydrolysis) is 1. The van der Waals surface area contributed by atoms with E-state index in [2.05, 4.69) is 26.2 Å². The van der Waals surface area contributed by atoms with Gasteiger partial charge in [-0.3, -0.25) is 0 Å². The molecule has 1 fully saturated rings. The van der Waals surface area contributed by atoms with Crippen molar-refractivity contribution in [3.8, 4) is 0 Å². The average molecular weight is 457 g/mol. The van der Waals surface area contributed by atoms with Gasteiger partial charge in [0.2, 0.25) is 0 Å². The first-order chi connectivity index (χ1) is 13.0. The highest BCUT2D eigenvalue weighted by Crippen LogP contribution is 2.45. The molecule has 1 spiro atoms. The second kappa shape index (κ2) is 7.63. The molecule has 1 unspecified atom stereocenters. The normalized spacial score (nSPS) is 24.3. The summed E-state index contributed by atoms with van der Waals surface area (Å²) in [6, 6.07) is 4.83. The van der Waals surface area contributed by atoms with Crippen LogP contribution in [0, 0.1) is 5.82 Å². The number of nitrogens with one attached hydrogen (secondary N) is 1. The van der Waals surface area contributed by atoms with Crippen LogP contribution in [0.5, 0.6) is 0 Å². The first kappa shape index (κ1) is 21.0. The molecule has 2 aliphatic rings. The van der Waals surface area contributed by atoms with Gasteiger partial charge >= 0.3 is 6.09 Å². The van der Waals surface area contributed by atoms with Crippen LogP contribution in [-0.4, -0.2) is 36.5 Å². The van der Waals surface area contributed by atoms with E-state index < -0.39 is 22.8 Å². The van der Waals surface area contributed by atoms with Gasteiger partial charge in [0, 0.05) is 29.3 Å². The largest absolute Gasteiger partial charge is 0.458 e. The topological polar surface area (TPSA) is 69.2 Å². The molecule has 0 aliphatic carbocycles. The maximum absolute atomic E-state index is 14.7. The third kappa shape index (κ3) is 4.84. The zero-order valence-corrected chi connectivity index (χ0v) is 18.2. The third-order valence-corrected chi connectivity index (χ3v) is 5.34. The lowest BCUT2D eigenvalue weighted by atomic mass is 9.76. The Morgan fingerprint density at radius 1 is 1.32 bits per heavy atom. The van der Waals surface area contributed by atoms with Crippen molar-refractivity contribution in [2.75, 3.05) is 13.2 Å². The van der Waals surface area contributed by atoms with Crippen molar-refractivity contribution in [1.29, 1.82) is 0 Å². The van der Waals surface area contributed by atoms with Crippen molar-refractivity contribution >= 4 is 28.0 Å². The molecule has 0 aromatic heterocycles. The van der Waals surface area contributed by atoms with Crippen molar-refractivity contribution < 1.29 is 23.4 Å². The van der Waals surface area contributed by atoms with Gasteiger partial charge in [-0.1, -0.05) is 15.9 Å². The summed E-state index contributed by atoms with van der Waals surface area (Å²) in [5, 5.41) is 2.60. The van der Waals surface area contributed by atoms with Crippen LogP contribution in [0.25, 0.3) is 0 Å². The number of nitrogens with zero attached hydrogens (tertiary/aromatic N) is 1. The molecule has 28 heavy (non-hydrogen) atoms. The zero-order chi connectivity index (χ0) is 20.6. The number of amidine groups is 1. The first-order valence-electron chi connectivity index (χ1n) is 9.33. The first-order valence-corrected chi connectivity index (χ1v) is 10.1. The SMILES string of the molecule is CC(C)(C)OC(=O)NC1=NC(C)(c2cc(Br)ccc2F)CC2(CCOCC2)O1. The summed E-state index contributed by atoms with van der Waals surface area (Å²) >= 11 is 3.41. The van der Waals surface area contributed by atoms with Crippen molar-refractivity contribution in [1.82, 2.24) is 5.32 Å². The molecule has 2 heterocycles. The van der Waals surface area contributed by atoms with E-state index in [1.807, 2.05) is 6.92 Å². The Balaban J connectivity index is 1.97. The van der Waals surface area contributed by atoms with Crippen molar-refractivity contribution in [2.24, 2.45) is 4.99 Å². The molecule has 3 rings (SSSR count). The van der Waals surface area contributed by atoms with E-state index in [0.29, 0.717) is 38.0 Å². The zero-order valence-electron chi connectivity index (χ0n) is 16.6. The highest BCUT2D eigenvalue weighted by atomic mass is 79.9. The molecule has 0 bridgehead atoms. The smallest absolute Gasteiger partial charge is 0.415 e. The Morgan fingerprint density at radius 3 is 2.64 bits per heavy atom. The number of carbonyl (C=O) groups excluding carboxylic acids is 1. The van der Waals surface area contributed by atoms with E-state index in [4.69, 9.17) is 14.2 Å². The van der Waals surface area contributed by atoms with Crippen LogP contribution in [-0.2, 0) is 19.7 Å². The predicted molar refractivity (Wildman–Crippen MR) is 107 cm³/mol. The number of hydrogen-bond acceptors (Lipinski definition) is 5. The van der Waals surface area contributed by atoms with Gasteiger partial charge in [-0.05, 0) is 45.9 Å². The third-order valence-electron chi connectivity index (χ3n) is 4.85. The maximum Gasteiger partial charge on any atom is 0.415 e. The number of carbonyl (C=O) groups is 1. The molecular formula is C20H26BrFN2O4. The number of ether oxygens (including phenoxy) is 3. The molecule has 6 nitrogen and oxygen atoms in total. The van der Waals surface area contributed by atoms with E-state index >= 15 is 0 Å². The number of halogens is 2. The molecule has 2 aliphatic heterocycles. The molecule has 0 saturated carbocycles. The Bertz CT molecular complexity index is 787. The average Bonchev–Trinajstić information content (AvgIpc) is 2.55. The molecule has 154 valence electrons. The summed E-state index contributed by atoms with van der Waals surface area (Å²) < 4.78 is 32.4. The summed E-state index contributed by atoms with van der Waals surface area (Å²) in [6.45, 7) is 8.26. The summed E-state index contributed by atoms with van der Waals surface area (Å²) in [5.41, 5.74) is -1.71. The van der Waals surface area contributed by atoms with Gasteiger partial charge in [-0.25, -0.2) is 19.5 Å². The molecule has 1 saturated heterocycles. The number of aliphatic imine (C=N–C) groups is 1. The lowest BCUT2D eigenvalue weighted by Gasteiger charge is -2.46. The van der Waals surface area contributed by atoms with Crippen LogP contribution in [0.15, 0.2) is 27.7 Å². The van der Waals surface area contributed by atoms with E-state index in [1.165, 1.54) is 6.07 Å². The quantitative estimate of drug-likeness (QED) is 0.667. The number of amides is 1. The molecule has 1 amide bonds. The van der Waals surface area contributed by atoms with Gasteiger partial charge in [0.25, 0.3) is 6.02 Å². The van der Waals surface area contributed by atoms with Gasteiger partial charge < -0.3 is 14.2 Å². The lowest BCUT2D eigenvalue weighted by molar-refractivity contribution is -0.0814. The van der Waals surface area contributed by atoms with E-state index in [9.17, 15) is 9.18 Å². The van der Waals surface area contributed by atoms with Crippen LogP contribution in [0.4, 0.5) is 9.18 Å². The fourth-order valence-corrected chi connectivity index (χ4v) is 4.05. The van der Waals surface area contributed by atoms with Crippen molar-refractivity contribution in [2.45, 2.75) is 63.7 Å². The van der Waals surface area contributed by atoms with Gasteiger partial charge in [-0.2, -0.15) is 0 Å². The molecule has 1 atom stereocenters. The Hall–Kier alpha value is -1.67. The minimum Gasteiger partial charge on any atom is -0.458 e. The van der Waals surface area contributed by atoms with Gasteiger partial charge in [0.15, 0.2) is 0 Å². The maximum atomic E-state index is 14.7. The Labute approximate surface area is 173 Å². The van der Waals surface area contributed by atoms with Crippen LogP contribution >= 0.6 is 15.9 Å². The summed E-state index contributed by atoms with van der Waals surface area (Å²) in [6.07, 6.45) is 1.09.